The van der Waals surface area contributed by atoms with Crippen LogP contribution in [0.25, 0.3) is 16.7 Å². The fourth-order valence-corrected chi connectivity index (χ4v) is 4.44. The van der Waals surface area contributed by atoms with E-state index in [0.717, 1.165) is 16.6 Å². The molecular formula is C27H22N6O2S. The molecule has 0 spiro atoms. The van der Waals surface area contributed by atoms with Crippen LogP contribution >= 0.6 is 11.8 Å². The lowest BCUT2D eigenvalue weighted by Crippen LogP contribution is -2.25. The van der Waals surface area contributed by atoms with Gasteiger partial charge in [0.2, 0.25) is 5.91 Å². The molecule has 0 aliphatic heterocycles. The first-order valence-electron chi connectivity index (χ1n) is 11.3. The number of hydrogen-bond donors (Lipinski definition) is 2. The molecule has 0 saturated carbocycles. The highest BCUT2D eigenvalue weighted by atomic mass is 32.2. The number of fused-ring (bicyclic) bond motifs is 1. The van der Waals surface area contributed by atoms with Crippen LogP contribution in [0.2, 0.25) is 0 Å². The third kappa shape index (κ3) is 5.26. The lowest BCUT2D eigenvalue weighted by atomic mass is 10.1. The molecule has 2 aromatic heterocycles. The number of anilines is 1. The van der Waals surface area contributed by atoms with Gasteiger partial charge in [0.05, 0.1) is 34.3 Å². The number of hydrogen-bond acceptors (Lipinski definition) is 6. The van der Waals surface area contributed by atoms with Crippen molar-refractivity contribution in [2.75, 3.05) is 11.1 Å². The van der Waals surface area contributed by atoms with Crippen LogP contribution in [0.5, 0.6) is 0 Å². The Labute approximate surface area is 211 Å². The molecule has 0 fully saturated rings. The van der Waals surface area contributed by atoms with Crippen LogP contribution in [0.1, 0.15) is 15.9 Å². The van der Waals surface area contributed by atoms with Gasteiger partial charge in [0, 0.05) is 6.54 Å². The van der Waals surface area contributed by atoms with E-state index in [9.17, 15) is 9.59 Å². The Balaban J connectivity index is 1.25. The van der Waals surface area contributed by atoms with Gasteiger partial charge in [-0.2, -0.15) is 5.10 Å². The number of amides is 2. The maximum atomic E-state index is 12.8. The summed E-state index contributed by atoms with van der Waals surface area (Å²) in [5.74, 6) is -0.387. The topological polar surface area (TPSA) is 102 Å². The van der Waals surface area contributed by atoms with Crippen LogP contribution in [0.3, 0.4) is 0 Å². The summed E-state index contributed by atoms with van der Waals surface area (Å²) in [5.41, 5.74) is 3.41. The highest BCUT2D eigenvalue weighted by molar-refractivity contribution is 8.00. The number of thioether (sulfide) groups is 1. The van der Waals surface area contributed by atoms with Crippen molar-refractivity contribution >= 4 is 40.3 Å². The first-order chi connectivity index (χ1) is 17.7. The minimum absolute atomic E-state index is 0.114. The molecule has 9 heteroatoms. The van der Waals surface area contributed by atoms with Gasteiger partial charge in [0.25, 0.3) is 5.91 Å². The average Bonchev–Trinajstić information content (AvgIpc) is 3.37. The van der Waals surface area contributed by atoms with Crippen molar-refractivity contribution in [1.82, 2.24) is 25.1 Å². The molecule has 2 N–H and O–H groups in total. The summed E-state index contributed by atoms with van der Waals surface area (Å²) in [6.07, 6.45) is 3.17. The van der Waals surface area contributed by atoms with Crippen LogP contribution in [0, 0.1) is 0 Å². The molecule has 2 amide bonds. The largest absolute Gasteiger partial charge is 0.348 e. The molecule has 0 atom stereocenters. The van der Waals surface area contributed by atoms with Crippen LogP contribution in [0.4, 0.5) is 5.69 Å². The molecule has 5 aromatic rings. The summed E-state index contributed by atoms with van der Waals surface area (Å²) in [4.78, 5) is 34.3. The molecule has 0 radical (unpaired) electrons. The van der Waals surface area contributed by atoms with E-state index < -0.39 is 0 Å². The van der Waals surface area contributed by atoms with Gasteiger partial charge < -0.3 is 10.6 Å². The van der Waals surface area contributed by atoms with Crippen molar-refractivity contribution in [3.63, 3.8) is 0 Å². The number of rotatable bonds is 8. The minimum atomic E-state index is -0.256. The predicted molar refractivity (Wildman–Crippen MR) is 140 cm³/mol. The van der Waals surface area contributed by atoms with E-state index in [2.05, 4.69) is 25.7 Å². The molecule has 0 aliphatic carbocycles. The lowest BCUT2D eigenvalue weighted by Gasteiger charge is -2.11. The van der Waals surface area contributed by atoms with E-state index >= 15 is 0 Å². The van der Waals surface area contributed by atoms with Gasteiger partial charge in [-0.3, -0.25) is 9.59 Å². The summed E-state index contributed by atoms with van der Waals surface area (Å²) >= 11 is 1.29. The normalized spacial score (nSPS) is 10.8. The van der Waals surface area contributed by atoms with Crippen LogP contribution < -0.4 is 10.6 Å². The molecular weight excluding hydrogens is 472 g/mol. The smallest absolute Gasteiger partial charge is 0.253 e. The Morgan fingerprint density at radius 2 is 1.58 bits per heavy atom. The first-order valence-corrected chi connectivity index (χ1v) is 12.3. The van der Waals surface area contributed by atoms with Gasteiger partial charge in [0.1, 0.15) is 11.4 Å². The summed E-state index contributed by atoms with van der Waals surface area (Å²) in [7, 11) is 0. The van der Waals surface area contributed by atoms with Gasteiger partial charge in [-0.05, 0) is 29.8 Å². The molecule has 8 nitrogen and oxygen atoms in total. The Kier molecular flexibility index (Phi) is 7.00. The fraction of sp³-hybridized carbons (Fsp3) is 0.0741. The number of carbonyl (C=O) groups excluding carboxylic acids is 2. The molecule has 36 heavy (non-hydrogen) atoms. The van der Waals surface area contributed by atoms with Gasteiger partial charge in [-0.1, -0.05) is 72.4 Å². The van der Waals surface area contributed by atoms with Crippen molar-refractivity contribution in [2.45, 2.75) is 11.6 Å². The van der Waals surface area contributed by atoms with Crippen molar-refractivity contribution in [1.29, 1.82) is 0 Å². The maximum absolute atomic E-state index is 12.8. The quantitative estimate of drug-likeness (QED) is 0.244. The number of para-hydroxylation sites is 2. The standard InChI is InChI=1S/C27H22N6O2S/c34-24(32-23-14-8-7-13-21(23)26(35)28-15-19-9-3-1-4-10-19)17-36-27-22-16-31-33(25(22)29-18-30-27)20-11-5-2-6-12-20/h1-14,16,18H,15,17H2,(H,28,35)(H,32,34). The molecule has 0 saturated heterocycles. The van der Waals surface area contributed by atoms with Crippen LogP contribution in [-0.4, -0.2) is 37.3 Å². The zero-order valence-corrected chi connectivity index (χ0v) is 20.0. The second-order valence-corrected chi connectivity index (χ2v) is 8.82. The average molecular weight is 495 g/mol. The van der Waals surface area contributed by atoms with Crippen LogP contribution in [-0.2, 0) is 11.3 Å². The molecule has 0 aliphatic rings. The molecule has 0 unspecified atom stereocenters. The number of carbonyl (C=O) groups is 2. The Hall–Kier alpha value is -4.50. The summed E-state index contributed by atoms with van der Waals surface area (Å²) in [6.45, 7) is 0.401. The predicted octanol–water partition coefficient (Wildman–Crippen LogP) is 4.48. The van der Waals surface area contributed by atoms with Gasteiger partial charge in [-0.25, -0.2) is 14.6 Å². The highest BCUT2D eigenvalue weighted by Gasteiger charge is 2.15. The van der Waals surface area contributed by atoms with Crippen molar-refractivity contribution < 1.29 is 9.59 Å². The third-order valence-corrected chi connectivity index (χ3v) is 6.42. The second kappa shape index (κ2) is 10.8. The molecule has 3 aromatic carbocycles. The fourth-order valence-electron chi connectivity index (χ4n) is 3.68. The Morgan fingerprint density at radius 1 is 0.861 bits per heavy atom. The molecule has 178 valence electrons. The SMILES string of the molecule is O=C(CSc1ncnc2c1cnn2-c1ccccc1)Nc1ccccc1C(=O)NCc1ccccc1. The third-order valence-electron chi connectivity index (χ3n) is 5.41. The van der Waals surface area contributed by atoms with Gasteiger partial charge in [-0.15, -0.1) is 0 Å². The molecule has 5 rings (SSSR count). The second-order valence-electron chi connectivity index (χ2n) is 7.86. The van der Waals surface area contributed by atoms with E-state index in [1.54, 1.807) is 35.1 Å². The van der Waals surface area contributed by atoms with E-state index in [-0.39, 0.29) is 17.6 Å². The number of nitrogens with zero attached hydrogens (tertiary/aromatic N) is 4. The van der Waals surface area contributed by atoms with Gasteiger partial charge >= 0.3 is 0 Å². The minimum Gasteiger partial charge on any atom is -0.348 e. The maximum Gasteiger partial charge on any atom is 0.253 e. The number of aromatic nitrogens is 4. The van der Waals surface area contributed by atoms with Crippen LogP contribution in [0.15, 0.2) is 102 Å². The van der Waals surface area contributed by atoms with Gasteiger partial charge in [0.15, 0.2) is 5.65 Å². The number of benzene rings is 3. The summed E-state index contributed by atoms with van der Waals surface area (Å²) in [5, 5.41) is 11.6. The highest BCUT2D eigenvalue weighted by Crippen LogP contribution is 2.26. The van der Waals surface area contributed by atoms with E-state index in [4.69, 9.17) is 0 Å². The van der Waals surface area contributed by atoms with Crippen molar-refractivity contribution in [3.8, 4) is 5.69 Å². The van der Waals surface area contributed by atoms with E-state index in [1.807, 2.05) is 60.7 Å². The van der Waals surface area contributed by atoms with Crippen molar-refractivity contribution in [3.05, 3.63) is 109 Å². The lowest BCUT2D eigenvalue weighted by molar-refractivity contribution is -0.113. The summed E-state index contributed by atoms with van der Waals surface area (Å²) in [6, 6.07) is 26.3. The Bertz CT molecular complexity index is 1510. The van der Waals surface area contributed by atoms with Crippen molar-refractivity contribution in [2.24, 2.45) is 0 Å². The Morgan fingerprint density at radius 3 is 2.39 bits per heavy atom. The monoisotopic (exact) mass is 494 g/mol. The van der Waals surface area contributed by atoms with E-state index in [1.165, 1.54) is 18.1 Å². The van der Waals surface area contributed by atoms with E-state index in [0.29, 0.717) is 28.5 Å². The molecule has 0 bridgehead atoms. The summed E-state index contributed by atoms with van der Waals surface area (Å²) < 4.78 is 1.74. The zero-order chi connectivity index (χ0) is 24.7. The number of nitrogens with one attached hydrogen (secondary N) is 2. The zero-order valence-electron chi connectivity index (χ0n) is 19.2. The molecule has 2 heterocycles. The first kappa shape index (κ1) is 23.3.